The number of hydrogen-bond acceptors (Lipinski definition) is 1. The summed E-state index contributed by atoms with van der Waals surface area (Å²) in [4.78, 5) is 0.912. The van der Waals surface area contributed by atoms with Gasteiger partial charge in [-0.15, -0.1) is 0 Å². The van der Waals surface area contributed by atoms with Crippen LogP contribution in [-0.4, -0.2) is 28.2 Å². The van der Waals surface area contributed by atoms with Crippen molar-refractivity contribution in [3.63, 3.8) is 0 Å². The summed E-state index contributed by atoms with van der Waals surface area (Å²) < 4.78 is 5.35. The molecule has 1 nitrogen and oxygen atoms in total. The fraction of sp³-hybridized carbons (Fsp3) is 1.00. The van der Waals surface area contributed by atoms with Crippen molar-refractivity contribution in [3.05, 3.63) is 0 Å². The monoisotopic (exact) mass is 222 g/mol. The van der Waals surface area contributed by atoms with Crippen molar-refractivity contribution in [1.29, 1.82) is 0 Å². The highest BCUT2D eigenvalue weighted by Gasteiger charge is 2.37. The van der Waals surface area contributed by atoms with Gasteiger partial charge in [-0.2, -0.15) is 0 Å². The van der Waals surface area contributed by atoms with Crippen molar-refractivity contribution in [3.8, 4) is 0 Å². The molecule has 0 amide bonds. The molecule has 0 saturated carbocycles. The van der Waals surface area contributed by atoms with E-state index in [2.05, 4.69) is 39.3 Å². The van der Waals surface area contributed by atoms with Crippen LogP contribution < -0.4 is 0 Å². The van der Waals surface area contributed by atoms with E-state index in [0.29, 0.717) is 0 Å². The Morgan fingerprint density at radius 2 is 1.25 bits per heavy atom. The predicted molar refractivity (Wildman–Crippen MR) is 65.8 cm³/mol. The van der Waals surface area contributed by atoms with E-state index in [4.69, 9.17) is 4.52 Å². The van der Waals surface area contributed by atoms with Crippen LogP contribution in [0.25, 0.3) is 0 Å². The van der Waals surface area contributed by atoms with Gasteiger partial charge in [0, 0.05) is 15.9 Å². The molecule has 0 bridgehead atoms. The van der Waals surface area contributed by atoms with E-state index in [1.54, 1.807) is 0 Å². The minimum atomic E-state index is -0.994. The summed E-state index contributed by atoms with van der Waals surface area (Å²) in [5.74, 6) is 0. The Labute approximate surface area is 81.2 Å². The van der Waals surface area contributed by atoms with Crippen LogP contribution in [0.4, 0.5) is 0 Å². The molecule has 0 aliphatic rings. The molecule has 4 heteroatoms. The van der Waals surface area contributed by atoms with Crippen LogP contribution in [0.15, 0.2) is 0 Å². The summed E-state index contributed by atoms with van der Waals surface area (Å²) in [6.07, 6.45) is 0. The third kappa shape index (κ3) is 4.17. The summed E-state index contributed by atoms with van der Waals surface area (Å²) in [6, 6.07) is 0. The van der Waals surface area contributed by atoms with Crippen molar-refractivity contribution in [2.45, 2.75) is 44.2 Å². The van der Waals surface area contributed by atoms with Crippen LogP contribution in [0.5, 0.6) is 0 Å². The molecule has 0 aliphatic heterocycles. The molecule has 12 heavy (non-hydrogen) atoms. The Morgan fingerprint density at radius 1 is 0.917 bits per heavy atom. The molecule has 0 aromatic carbocycles. The Bertz CT molecular complexity index is 123. The fourth-order valence-corrected chi connectivity index (χ4v) is 15.9. The van der Waals surface area contributed by atoms with Gasteiger partial charge in [0.1, 0.15) is 0 Å². The van der Waals surface area contributed by atoms with Gasteiger partial charge in [-0.3, -0.25) is 0 Å². The first-order valence-corrected chi connectivity index (χ1v) is 12.6. The zero-order valence-corrected chi connectivity index (χ0v) is 12.5. The molecule has 0 aliphatic carbocycles. The molecule has 74 valence electrons. The SMILES string of the molecule is COPC([Si](C)(C)C)[Si](C)(C)C. The van der Waals surface area contributed by atoms with Crippen LogP contribution in [0, 0.1) is 0 Å². The second kappa shape index (κ2) is 4.36. The molecule has 0 N–H and O–H groups in total. The summed E-state index contributed by atoms with van der Waals surface area (Å²) in [5, 5.41) is 0. The average Bonchev–Trinajstić information content (AvgIpc) is 1.77. The van der Waals surface area contributed by atoms with Crippen molar-refractivity contribution in [2.75, 3.05) is 7.11 Å². The minimum absolute atomic E-state index is 0.732. The largest absolute Gasteiger partial charge is 0.366 e. The first kappa shape index (κ1) is 12.8. The zero-order chi connectivity index (χ0) is 9.99. The average molecular weight is 222 g/mol. The van der Waals surface area contributed by atoms with Crippen LogP contribution in [-0.2, 0) is 4.52 Å². The van der Waals surface area contributed by atoms with Crippen molar-refractivity contribution in [1.82, 2.24) is 0 Å². The Hall–Kier alpha value is 0.824. The first-order chi connectivity index (χ1) is 5.19. The smallest absolute Gasteiger partial charge is 0.0516 e. The molecule has 0 aromatic heterocycles. The minimum Gasteiger partial charge on any atom is -0.366 e. The molecule has 0 radical (unpaired) electrons. The normalized spacial score (nSPS) is 15.0. The molecular weight excluding hydrogens is 199 g/mol. The van der Waals surface area contributed by atoms with Crippen molar-refractivity contribution in [2.24, 2.45) is 0 Å². The van der Waals surface area contributed by atoms with Crippen molar-refractivity contribution < 1.29 is 4.52 Å². The summed E-state index contributed by atoms with van der Waals surface area (Å²) in [5.41, 5.74) is 0. The number of hydrogen-bond donors (Lipinski definition) is 0. The maximum atomic E-state index is 5.35. The molecule has 0 heterocycles. The van der Waals surface area contributed by atoms with Gasteiger partial charge in [-0.05, 0) is 4.91 Å². The second-order valence-electron chi connectivity index (χ2n) is 5.49. The molecular formula is C8H23OPSi2. The van der Waals surface area contributed by atoms with E-state index in [0.717, 1.165) is 13.7 Å². The van der Waals surface area contributed by atoms with Gasteiger partial charge in [0.25, 0.3) is 0 Å². The molecule has 0 spiro atoms. The summed E-state index contributed by atoms with van der Waals surface area (Å²) in [6.45, 7) is 14.8. The van der Waals surface area contributed by atoms with Crippen molar-refractivity contribution >= 4 is 25.0 Å². The van der Waals surface area contributed by atoms with Gasteiger partial charge < -0.3 is 4.52 Å². The van der Waals surface area contributed by atoms with Crippen LogP contribution in [0.3, 0.4) is 0 Å². The third-order valence-electron chi connectivity index (χ3n) is 1.97. The van der Waals surface area contributed by atoms with Gasteiger partial charge in [0.05, 0.1) is 16.1 Å². The van der Waals surface area contributed by atoms with Gasteiger partial charge in [-0.25, -0.2) is 0 Å². The quantitative estimate of drug-likeness (QED) is 0.523. The summed E-state index contributed by atoms with van der Waals surface area (Å²) >= 11 is 0. The van der Waals surface area contributed by atoms with Crippen LogP contribution in [0.1, 0.15) is 0 Å². The fourth-order valence-electron chi connectivity index (χ4n) is 1.77. The lowest BCUT2D eigenvalue weighted by molar-refractivity contribution is 0.476. The Balaban J connectivity index is 4.45. The molecule has 1 atom stereocenters. The number of rotatable bonds is 4. The van der Waals surface area contributed by atoms with E-state index in [-0.39, 0.29) is 0 Å². The highest BCUT2D eigenvalue weighted by Crippen LogP contribution is 2.35. The molecule has 0 aromatic rings. The van der Waals surface area contributed by atoms with E-state index in [1.165, 1.54) is 0 Å². The molecule has 0 saturated heterocycles. The second-order valence-corrected chi connectivity index (χ2v) is 19.1. The van der Waals surface area contributed by atoms with E-state index < -0.39 is 16.1 Å². The Morgan fingerprint density at radius 3 is 1.33 bits per heavy atom. The van der Waals surface area contributed by atoms with Gasteiger partial charge in [0.2, 0.25) is 0 Å². The van der Waals surface area contributed by atoms with Gasteiger partial charge in [-0.1, -0.05) is 39.3 Å². The van der Waals surface area contributed by atoms with Gasteiger partial charge >= 0.3 is 0 Å². The lowest BCUT2D eigenvalue weighted by Crippen LogP contribution is -2.51. The van der Waals surface area contributed by atoms with Gasteiger partial charge in [0.15, 0.2) is 0 Å². The third-order valence-corrected chi connectivity index (χ3v) is 17.0. The van der Waals surface area contributed by atoms with E-state index in [1.807, 2.05) is 7.11 Å². The standard InChI is InChI=1S/C8H23OPSi2/c1-9-10-8(11(2,3)4)12(5,6)7/h8,10H,1-7H3. The van der Waals surface area contributed by atoms with E-state index >= 15 is 0 Å². The molecule has 1 unspecified atom stereocenters. The first-order valence-electron chi connectivity index (χ1n) is 4.48. The molecule has 0 fully saturated rings. The van der Waals surface area contributed by atoms with Crippen LogP contribution >= 0.6 is 8.81 Å². The zero-order valence-electron chi connectivity index (χ0n) is 9.49. The highest BCUT2D eigenvalue weighted by molar-refractivity contribution is 7.44. The summed E-state index contributed by atoms with van der Waals surface area (Å²) in [7, 11) is 0.583. The topological polar surface area (TPSA) is 9.23 Å². The predicted octanol–water partition coefficient (Wildman–Crippen LogP) is 3.35. The lowest BCUT2D eigenvalue weighted by atomic mass is 11.7. The van der Waals surface area contributed by atoms with Crippen LogP contribution in [0.2, 0.25) is 39.3 Å². The maximum Gasteiger partial charge on any atom is 0.0516 e. The lowest BCUT2D eigenvalue weighted by Gasteiger charge is -2.37. The van der Waals surface area contributed by atoms with E-state index in [9.17, 15) is 0 Å². The molecule has 0 rings (SSSR count). The highest BCUT2D eigenvalue weighted by atomic mass is 31.1. The maximum absolute atomic E-state index is 5.35. The Kier molecular flexibility index (Phi) is 4.66.